The third-order valence-corrected chi connectivity index (χ3v) is 3.95. The van der Waals surface area contributed by atoms with E-state index in [1.807, 2.05) is 11.8 Å². The van der Waals surface area contributed by atoms with E-state index in [4.69, 9.17) is 5.73 Å². The van der Waals surface area contributed by atoms with Crippen LogP contribution < -0.4 is 11.1 Å². The Bertz CT molecular complexity index is 500. The molecular formula is C15H21F2N3O. The zero-order valence-electron chi connectivity index (χ0n) is 12.1. The number of anilines is 1. The lowest BCUT2D eigenvalue weighted by Gasteiger charge is -2.33. The first-order valence-corrected chi connectivity index (χ1v) is 7.18. The van der Waals surface area contributed by atoms with E-state index < -0.39 is 11.6 Å². The van der Waals surface area contributed by atoms with Crippen LogP contribution in [0.1, 0.15) is 19.8 Å². The minimum Gasteiger partial charge on any atom is -0.328 e. The molecule has 4 nitrogen and oxygen atoms in total. The summed E-state index contributed by atoms with van der Waals surface area (Å²) in [4.78, 5) is 13.9. The molecule has 1 unspecified atom stereocenters. The lowest BCUT2D eigenvalue weighted by atomic mass is 9.91. The second-order valence-corrected chi connectivity index (χ2v) is 5.65. The number of halogens is 2. The Morgan fingerprint density at radius 3 is 2.71 bits per heavy atom. The SMILES string of the molecule is CC(N)C1CCN(CC(=O)Nc2cc(F)ccc2F)CC1. The number of nitrogens with one attached hydrogen (secondary N) is 1. The van der Waals surface area contributed by atoms with Gasteiger partial charge in [-0.05, 0) is 50.9 Å². The van der Waals surface area contributed by atoms with E-state index in [1.165, 1.54) is 0 Å². The highest BCUT2D eigenvalue weighted by Gasteiger charge is 2.23. The van der Waals surface area contributed by atoms with Gasteiger partial charge in [0, 0.05) is 12.1 Å². The maximum Gasteiger partial charge on any atom is 0.238 e. The van der Waals surface area contributed by atoms with Crippen LogP contribution in [0.15, 0.2) is 18.2 Å². The number of piperidine rings is 1. The fraction of sp³-hybridized carbons (Fsp3) is 0.533. The second kappa shape index (κ2) is 6.95. The summed E-state index contributed by atoms with van der Waals surface area (Å²) >= 11 is 0. The third kappa shape index (κ3) is 4.47. The molecule has 1 aliphatic rings. The molecule has 6 heteroatoms. The molecule has 1 aliphatic heterocycles. The van der Waals surface area contributed by atoms with Crippen molar-refractivity contribution in [2.45, 2.75) is 25.8 Å². The van der Waals surface area contributed by atoms with Crippen LogP contribution in [0.25, 0.3) is 0 Å². The summed E-state index contributed by atoms with van der Waals surface area (Å²) in [5.41, 5.74) is 5.75. The van der Waals surface area contributed by atoms with E-state index in [0.717, 1.165) is 44.1 Å². The van der Waals surface area contributed by atoms with E-state index in [2.05, 4.69) is 5.32 Å². The molecule has 1 heterocycles. The zero-order valence-corrected chi connectivity index (χ0v) is 12.1. The van der Waals surface area contributed by atoms with Gasteiger partial charge in [-0.3, -0.25) is 9.69 Å². The minimum atomic E-state index is -0.639. The van der Waals surface area contributed by atoms with Crippen molar-refractivity contribution in [2.24, 2.45) is 11.7 Å². The van der Waals surface area contributed by atoms with Gasteiger partial charge in [-0.15, -0.1) is 0 Å². The van der Waals surface area contributed by atoms with E-state index in [0.29, 0.717) is 5.92 Å². The molecule has 0 bridgehead atoms. The van der Waals surface area contributed by atoms with Gasteiger partial charge in [0.05, 0.1) is 12.2 Å². The number of carbonyl (C=O) groups is 1. The van der Waals surface area contributed by atoms with Crippen LogP contribution in [0.5, 0.6) is 0 Å². The van der Waals surface area contributed by atoms with Crippen molar-refractivity contribution in [3.05, 3.63) is 29.8 Å². The van der Waals surface area contributed by atoms with Crippen LogP contribution in [-0.2, 0) is 4.79 Å². The van der Waals surface area contributed by atoms with E-state index in [-0.39, 0.29) is 24.2 Å². The first kappa shape index (κ1) is 15.9. The monoisotopic (exact) mass is 297 g/mol. The second-order valence-electron chi connectivity index (χ2n) is 5.65. The lowest BCUT2D eigenvalue weighted by Crippen LogP contribution is -2.42. The van der Waals surface area contributed by atoms with Gasteiger partial charge >= 0.3 is 0 Å². The molecule has 116 valence electrons. The molecule has 1 aromatic carbocycles. The van der Waals surface area contributed by atoms with Gasteiger partial charge in [-0.1, -0.05) is 0 Å². The van der Waals surface area contributed by atoms with Crippen molar-refractivity contribution < 1.29 is 13.6 Å². The summed E-state index contributed by atoms with van der Waals surface area (Å²) in [6, 6.07) is 3.17. The number of rotatable bonds is 4. The average molecular weight is 297 g/mol. The molecule has 21 heavy (non-hydrogen) atoms. The Morgan fingerprint density at radius 2 is 2.10 bits per heavy atom. The van der Waals surface area contributed by atoms with Crippen LogP contribution in [0.3, 0.4) is 0 Å². The summed E-state index contributed by atoms with van der Waals surface area (Å²) in [5, 5.41) is 2.41. The first-order chi connectivity index (χ1) is 9.95. The van der Waals surface area contributed by atoms with Crippen LogP contribution in [0.2, 0.25) is 0 Å². The topological polar surface area (TPSA) is 58.4 Å². The quantitative estimate of drug-likeness (QED) is 0.893. The average Bonchev–Trinajstić information content (AvgIpc) is 2.43. The van der Waals surface area contributed by atoms with Gasteiger partial charge in [0.15, 0.2) is 0 Å². The molecule has 1 aromatic rings. The molecule has 1 saturated heterocycles. The Morgan fingerprint density at radius 1 is 1.43 bits per heavy atom. The number of nitrogens with zero attached hydrogens (tertiary/aromatic N) is 1. The molecule has 0 spiro atoms. The van der Waals surface area contributed by atoms with E-state index in [1.54, 1.807) is 0 Å². The normalized spacial score (nSPS) is 18.5. The summed E-state index contributed by atoms with van der Waals surface area (Å²) in [7, 11) is 0. The molecule has 1 amide bonds. The van der Waals surface area contributed by atoms with Gasteiger partial charge in [-0.2, -0.15) is 0 Å². The summed E-state index contributed by atoms with van der Waals surface area (Å²) < 4.78 is 26.5. The molecule has 0 aliphatic carbocycles. The Labute approximate surface area is 123 Å². The highest BCUT2D eigenvalue weighted by molar-refractivity contribution is 5.92. The minimum absolute atomic E-state index is 0.120. The van der Waals surface area contributed by atoms with Gasteiger partial charge in [0.1, 0.15) is 11.6 Å². The molecule has 1 atom stereocenters. The predicted molar refractivity (Wildman–Crippen MR) is 77.8 cm³/mol. The zero-order chi connectivity index (χ0) is 15.4. The standard InChI is InChI=1S/C15H21F2N3O/c1-10(18)11-4-6-20(7-5-11)9-15(21)19-14-8-12(16)2-3-13(14)17/h2-3,8,10-11H,4-7,9,18H2,1H3,(H,19,21). The van der Waals surface area contributed by atoms with Crippen LogP contribution in [-0.4, -0.2) is 36.5 Å². The number of nitrogens with two attached hydrogens (primary N) is 1. The Kier molecular flexibility index (Phi) is 5.25. The van der Waals surface area contributed by atoms with E-state index in [9.17, 15) is 13.6 Å². The number of hydrogen-bond donors (Lipinski definition) is 2. The van der Waals surface area contributed by atoms with Crippen molar-refractivity contribution in [3.8, 4) is 0 Å². The van der Waals surface area contributed by atoms with Gasteiger partial charge < -0.3 is 11.1 Å². The number of carbonyl (C=O) groups excluding carboxylic acids is 1. The molecule has 2 rings (SSSR count). The Hall–Kier alpha value is -1.53. The smallest absolute Gasteiger partial charge is 0.238 e. The van der Waals surface area contributed by atoms with Crippen LogP contribution in [0, 0.1) is 17.6 Å². The number of benzene rings is 1. The highest BCUT2D eigenvalue weighted by Crippen LogP contribution is 2.20. The summed E-state index contributed by atoms with van der Waals surface area (Å²) in [6.07, 6.45) is 1.92. The first-order valence-electron chi connectivity index (χ1n) is 7.18. The van der Waals surface area contributed by atoms with E-state index >= 15 is 0 Å². The van der Waals surface area contributed by atoms with Crippen LogP contribution in [0.4, 0.5) is 14.5 Å². The number of likely N-dealkylation sites (tertiary alicyclic amines) is 1. The number of hydrogen-bond acceptors (Lipinski definition) is 3. The summed E-state index contributed by atoms with van der Waals surface area (Å²) in [6.45, 7) is 3.78. The van der Waals surface area contributed by atoms with Gasteiger partial charge in [0.25, 0.3) is 0 Å². The fourth-order valence-corrected chi connectivity index (χ4v) is 2.62. The Balaban J connectivity index is 1.84. The maximum atomic E-state index is 13.4. The predicted octanol–water partition coefficient (Wildman–Crippen LogP) is 1.96. The van der Waals surface area contributed by atoms with Gasteiger partial charge in [0.2, 0.25) is 5.91 Å². The highest BCUT2D eigenvalue weighted by atomic mass is 19.1. The summed E-state index contributed by atoms with van der Waals surface area (Å²) in [5.74, 6) is -1.06. The fourth-order valence-electron chi connectivity index (χ4n) is 2.62. The lowest BCUT2D eigenvalue weighted by molar-refractivity contribution is -0.117. The van der Waals surface area contributed by atoms with Crippen LogP contribution >= 0.6 is 0 Å². The molecule has 1 fully saturated rings. The van der Waals surface area contributed by atoms with Crippen molar-refractivity contribution in [1.29, 1.82) is 0 Å². The molecule has 0 saturated carbocycles. The molecule has 0 radical (unpaired) electrons. The maximum absolute atomic E-state index is 13.4. The van der Waals surface area contributed by atoms with Crippen molar-refractivity contribution >= 4 is 11.6 Å². The molecular weight excluding hydrogens is 276 g/mol. The molecule has 3 N–H and O–H groups in total. The number of amides is 1. The van der Waals surface area contributed by atoms with Crippen molar-refractivity contribution in [3.63, 3.8) is 0 Å². The van der Waals surface area contributed by atoms with Crippen molar-refractivity contribution in [2.75, 3.05) is 25.0 Å². The van der Waals surface area contributed by atoms with Gasteiger partial charge in [-0.25, -0.2) is 8.78 Å². The molecule has 0 aromatic heterocycles. The third-order valence-electron chi connectivity index (χ3n) is 3.95. The van der Waals surface area contributed by atoms with Crippen molar-refractivity contribution in [1.82, 2.24) is 4.90 Å². The largest absolute Gasteiger partial charge is 0.328 e.